The molecular weight excluding hydrogens is 284 g/mol. The molecule has 22 heavy (non-hydrogen) atoms. The second-order valence-electron chi connectivity index (χ2n) is 5.03. The molecule has 0 aliphatic carbocycles. The summed E-state index contributed by atoms with van der Waals surface area (Å²) < 4.78 is 13.4. The molecule has 0 fully saturated rings. The van der Waals surface area contributed by atoms with E-state index >= 15 is 0 Å². The van der Waals surface area contributed by atoms with Crippen LogP contribution in [0.5, 0.6) is 0 Å². The van der Waals surface area contributed by atoms with Crippen LogP contribution in [0.2, 0.25) is 0 Å². The Morgan fingerprint density at radius 2 is 2.00 bits per heavy atom. The van der Waals surface area contributed by atoms with E-state index in [1.54, 1.807) is 30.3 Å². The molecule has 0 unspecified atom stereocenters. The minimum absolute atomic E-state index is 0.116. The quantitative estimate of drug-likeness (QED) is 0.717. The van der Waals surface area contributed by atoms with Crippen LogP contribution in [-0.2, 0) is 11.2 Å². The van der Waals surface area contributed by atoms with E-state index in [4.69, 9.17) is 0 Å². The van der Waals surface area contributed by atoms with Crippen molar-refractivity contribution in [2.24, 2.45) is 0 Å². The van der Waals surface area contributed by atoms with Crippen LogP contribution in [0, 0.1) is 5.82 Å². The lowest BCUT2D eigenvalue weighted by Gasteiger charge is -2.13. The average molecular weight is 301 g/mol. The Kier molecular flexibility index (Phi) is 5.30. The monoisotopic (exact) mass is 301 g/mol. The first-order valence-corrected chi connectivity index (χ1v) is 6.96. The summed E-state index contributed by atoms with van der Waals surface area (Å²) in [5.41, 5.74) is 2.60. The highest BCUT2D eigenvalue weighted by molar-refractivity contribution is 6.58. The molecule has 2 aromatic rings. The summed E-state index contributed by atoms with van der Waals surface area (Å²) in [6, 6.07) is 11.1. The molecule has 6 heteroatoms. The van der Waals surface area contributed by atoms with E-state index in [-0.39, 0.29) is 11.7 Å². The SMILES string of the molecule is CC(=O)NCCc1ccc(B(O)O)cc1-c1cccc(F)c1. The van der Waals surface area contributed by atoms with Crippen molar-refractivity contribution in [3.8, 4) is 11.1 Å². The zero-order valence-electron chi connectivity index (χ0n) is 12.2. The highest BCUT2D eigenvalue weighted by Gasteiger charge is 2.14. The summed E-state index contributed by atoms with van der Waals surface area (Å²) in [5, 5.41) is 21.3. The van der Waals surface area contributed by atoms with Crippen molar-refractivity contribution in [1.82, 2.24) is 5.32 Å². The number of benzene rings is 2. The highest BCUT2D eigenvalue weighted by atomic mass is 19.1. The van der Waals surface area contributed by atoms with Crippen molar-refractivity contribution in [2.45, 2.75) is 13.3 Å². The Balaban J connectivity index is 2.37. The second-order valence-corrected chi connectivity index (χ2v) is 5.03. The summed E-state index contributed by atoms with van der Waals surface area (Å²) in [5.74, 6) is -0.477. The first kappa shape index (κ1) is 16.2. The maximum Gasteiger partial charge on any atom is 0.488 e. The Bertz CT molecular complexity index is 676. The van der Waals surface area contributed by atoms with Crippen LogP contribution in [0.25, 0.3) is 11.1 Å². The Labute approximate surface area is 128 Å². The minimum Gasteiger partial charge on any atom is -0.423 e. The lowest BCUT2D eigenvalue weighted by Crippen LogP contribution is -2.30. The van der Waals surface area contributed by atoms with Gasteiger partial charge in [0.05, 0.1) is 0 Å². The summed E-state index contributed by atoms with van der Waals surface area (Å²) >= 11 is 0. The van der Waals surface area contributed by atoms with E-state index in [1.165, 1.54) is 19.1 Å². The number of carbonyl (C=O) groups is 1. The molecule has 0 aromatic heterocycles. The van der Waals surface area contributed by atoms with Gasteiger partial charge in [0.2, 0.25) is 5.91 Å². The third-order valence-electron chi connectivity index (χ3n) is 3.34. The maximum atomic E-state index is 13.4. The number of rotatable bonds is 5. The average Bonchev–Trinajstić information content (AvgIpc) is 2.47. The molecule has 2 rings (SSSR count). The summed E-state index contributed by atoms with van der Waals surface area (Å²) in [6.45, 7) is 1.90. The fourth-order valence-corrected chi connectivity index (χ4v) is 2.27. The van der Waals surface area contributed by atoms with E-state index in [0.29, 0.717) is 24.0 Å². The minimum atomic E-state index is -1.59. The molecule has 1 amide bonds. The summed E-state index contributed by atoms with van der Waals surface area (Å²) in [4.78, 5) is 11.0. The van der Waals surface area contributed by atoms with Gasteiger partial charge < -0.3 is 15.4 Å². The zero-order valence-corrected chi connectivity index (χ0v) is 12.2. The van der Waals surface area contributed by atoms with E-state index in [1.807, 2.05) is 0 Å². The molecule has 114 valence electrons. The number of hydrogen-bond acceptors (Lipinski definition) is 3. The zero-order chi connectivity index (χ0) is 16.1. The Hall–Kier alpha value is -2.18. The molecule has 0 bridgehead atoms. The molecule has 0 aliphatic heterocycles. The van der Waals surface area contributed by atoms with Gasteiger partial charge in [-0.15, -0.1) is 0 Å². The van der Waals surface area contributed by atoms with Crippen molar-refractivity contribution >= 4 is 18.5 Å². The molecule has 0 atom stereocenters. The number of carbonyl (C=O) groups excluding carboxylic acids is 1. The summed E-state index contributed by atoms with van der Waals surface area (Å²) in [7, 11) is -1.59. The molecule has 0 heterocycles. The number of nitrogens with one attached hydrogen (secondary N) is 1. The third kappa shape index (κ3) is 4.16. The van der Waals surface area contributed by atoms with Crippen molar-refractivity contribution in [3.63, 3.8) is 0 Å². The first-order valence-electron chi connectivity index (χ1n) is 6.96. The van der Waals surface area contributed by atoms with Crippen LogP contribution in [0.4, 0.5) is 4.39 Å². The largest absolute Gasteiger partial charge is 0.488 e. The predicted octanol–water partition coefficient (Wildman–Crippen LogP) is 0.851. The Morgan fingerprint density at radius 3 is 2.64 bits per heavy atom. The van der Waals surface area contributed by atoms with Gasteiger partial charge in [-0.3, -0.25) is 4.79 Å². The second kappa shape index (κ2) is 7.20. The molecular formula is C16H17BFNO3. The lowest BCUT2D eigenvalue weighted by atomic mass is 9.78. The molecule has 2 aromatic carbocycles. The van der Waals surface area contributed by atoms with Crippen LogP contribution < -0.4 is 10.8 Å². The lowest BCUT2D eigenvalue weighted by molar-refractivity contribution is -0.118. The summed E-state index contributed by atoms with van der Waals surface area (Å²) in [6.07, 6.45) is 0.563. The molecule has 3 N–H and O–H groups in total. The van der Waals surface area contributed by atoms with Crippen molar-refractivity contribution < 1.29 is 19.2 Å². The van der Waals surface area contributed by atoms with E-state index in [2.05, 4.69) is 5.32 Å². The van der Waals surface area contributed by atoms with Gasteiger partial charge >= 0.3 is 7.12 Å². The van der Waals surface area contributed by atoms with Gasteiger partial charge in [0, 0.05) is 13.5 Å². The molecule has 0 saturated heterocycles. The maximum absolute atomic E-state index is 13.4. The van der Waals surface area contributed by atoms with Gasteiger partial charge in [0.1, 0.15) is 5.82 Å². The van der Waals surface area contributed by atoms with Crippen LogP contribution in [-0.4, -0.2) is 29.6 Å². The van der Waals surface area contributed by atoms with Crippen molar-refractivity contribution in [2.75, 3.05) is 6.54 Å². The van der Waals surface area contributed by atoms with Gasteiger partial charge in [-0.1, -0.05) is 30.3 Å². The third-order valence-corrected chi connectivity index (χ3v) is 3.34. The fourth-order valence-electron chi connectivity index (χ4n) is 2.27. The van der Waals surface area contributed by atoms with Crippen LogP contribution in [0.15, 0.2) is 42.5 Å². The molecule has 0 spiro atoms. The van der Waals surface area contributed by atoms with Gasteiger partial charge in [-0.2, -0.15) is 0 Å². The fraction of sp³-hybridized carbons (Fsp3) is 0.188. The first-order chi connectivity index (χ1) is 10.5. The normalized spacial score (nSPS) is 10.4. The van der Waals surface area contributed by atoms with Crippen molar-refractivity contribution in [1.29, 1.82) is 0 Å². The highest BCUT2D eigenvalue weighted by Crippen LogP contribution is 2.24. The Morgan fingerprint density at radius 1 is 1.23 bits per heavy atom. The van der Waals surface area contributed by atoms with Gasteiger partial charge in [0.25, 0.3) is 0 Å². The topological polar surface area (TPSA) is 69.6 Å². The molecule has 0 radical (unpaired) electrons. The van der Waals surface area contributed by atoms with Crippen LogP contribution in [0.3, 0.4) is 0 Å². The van der Waals surface area contributed by atoms with Gasteiger partial charge in [-0.05, 0) is 40.7 Å². The number of hydrogen-bond donors (Lipinski definition) is 3. The predicted molar refractivity (Wildman–Crippen MR) is 84.0 cm³/mol. The van der Waals surface area contributed by atoms with Crippen molar-refractivity contribution in [3.05, 3.63) is 53.8 Å². The molecule has 0 aliphatic rings. The van der Waals surface area contributed by atoms with Gasteiger partial charge in [0.15, 0.2) is 0 Å². The van der Waals surface area contributed by atoms with Crippen LogP contribution >= 0.6 is 0 Å². The number of amides is 1. The van der Waals surface area contributed by atoms with Crippen LogP contribution in [0.1, 0.15) is 12.5 Å². The van der Waals surface area contributed by atoms with E-state index < -0.39 is 7.12 Å². The smallest absolute Gasteiger partial charge is 0.423 e. The number of halogens is 1. The van der Waals surface area contributed by atoms with Gasteiger partial charge in [-0.25, -0.2) is 4.39 Å². The standard InChI is InChI=1S/C16H17BFNO3/c1-11(20)19-8-7-12-5-6-14(17(21)22)10-16(12)13-3-2-4-15(18)9-13/h2-6,9-10,21-22H,7-8H2,1H3,(H,19,20). The molecule has 4 nitrogen and oxygen atoms in total. The van der Waals surface area contributed by atoms with E-state index in [9.17, 15) is 19.2 Å². The van der Waals surface area contributed by atoms with E-state index in [0.717, 1.165) is 11.1 Å². The molecule has 0 saturated carbocycles.